The van der Waals surface area contributed by atoms with Gasteiger partial charge in [0.25, 0.3) is 0 Å². The summed E-state index contributed by atoms with van der Waals surface area (Å²) in [4.78, 5) is 45.5. The number of amides is 3. The first-order chi connectivity index (χ1) is 17.1. The maximum atomic E-state index is 13.9. The molecule has 9 heteroatoms. The van der Waals surface area contributed by atoms with Crippen LogP contribution < -0.4 is 16.4 Å². The van der Waals surface area contributed by atoms with Gasteiger partial charge in [-0.25, -0.2) is 0 Å². The molecule has 3 rings (SSSR count). The van der Waals surface area contributed by atoms with Crippen molar-refractivity contribution < 1.29 is 14.4 Å². The molecular weight excluding hydrogens is 456 g/mol. The number of aromatic nitrogens is 2. The van der Waals surface area contributed by atoms with Crippen LogP contribution in [0, 0.1) is 5.92 Å². The number of rotatable bonds is 10. The van der Waals surface area contributed by atoms with Crippen LogP contribution in [0.4, 0.5) is 11.8 Å². The largest absolute Gasteiger partial charge is 0.341 e. The van der Waals surface area contributed by atoms with E-state index in [0.717, 1.165) is 37.7 Å². The average molecular weight is 497 g/mol. The number of nitrogens with two attached hydrogens (primary N) is 1. The third kappa shape index (κ3) is 7.16. The molecule has 1 aromatic carbocycles. The van der Waals surface area contributed by atoms with Crippen molar-refractivity contribution in [3.05, 3.63) is 42.1 Å². The molecule has 9 nitrogen and oxygen atoms in total. The van der Waals surface area contributed by atoms with Gasteiger partial charge in [-0.05, 0) is 44.6 Å². The van der Waals surface area contributed by atoms with Gasteiger partial charge in [-0.1, -0.05) is 57.0 Å². The number of piperidine rings is 1. The quantitative estimate of drug-likeness (QED) is 0.430. The summed E-state index contributed by atoms with van der Waals surface area (Å²) in [6, 6.07) is 8.66. The molecule has 0 radical (unpaired) electrons. The zero-order valence-electron chi connectivity index (χ0n) is 21.9. The van der Waals surface area contributed by atoms with Gasteiger partial charge in [0.15, 0.2) is 5.82 Å². The second kappa shape index (κ2) is 12.2. The number of carbonyl (C=O) groups is 3. The van der Waals surface area contributed by atoms with Crippen molar-refractivity contribution in [2.75, 3.05) is 23.7 Å². The van der Waals surface area contributed by atoms with Gasteiger partial charge in [-0.2, -0.15) is 4.98 Å². The number of nitrogens with zero attached hydrogens (tertiary/aromatic N) is 3. The first-order valence-corrected chi connectivity index (χ1v) is 12.9. The van der Waals surface area contributed by atoms with Crippen molar-refractivity contribution in [3.8, 4) is 0 Å². The summed E-state index contributed by atoms with van der Waals surface area (Å²) >= 11 is 0. The lowest BCUT2D eigenvalue weighted by atomic mass is 9.97. The highest BCUT2D eigenvalue weighted by Crippen LogP contribution is 2.29. The molecule has 36 heavy (non-hydrogen) atoms. The van der Waals surface area contributed by atoms with E-state index in [9.17, 15) is 14.4 Å². The van der Waals surface area contributed by atoms with Crippen LogP contribution in [0.5, 0.6) is 0 Å². The highest BCUT2D eigenvalue weighted by molar-refractivity contribution is 5.97. The second-order valence-electron chi connectivity index (χ2n) is 10.4. The Hall–Kier alpha value is -3.20. The van der Waals surface area contributed by atoms with Crippen molar-refractivity contribution in [2.45, 2.75) is 77.8 Å². The van der Waals surface area contributed by atoms with Gasteiger partial charge in [0.2, 0.25) is 23.7 Å². The van der Waals surface area contributed by atoms with Gasteiger partial charge in [0, 0.05) is 19.5 Å². The van der Waals surface area contributed by atoms with E-state index in [-0.39, 0.29) is 23.6 Å². The number of hydrogen-bond acceptors (Lipinski definition) is 5. The lowest BCUT2D eigenvalue weighted by Crippen LogP contribution is -2.46. The molecule has 0 unspecified atom stereocenters. The molecule has 0 aliphatic carbocycles. The summed E-state index contributed by atoms with van der Waals surface area (Å²) in [5, 5.41) is 5.60. The Morgan fingerprint density at radius 3 is 2.39 bits per heavy atom. The molecule has 1 fully saturated rings. The van der Waals surface area contributed by atoms with E-state index in [0.29, 0.717) is 25.4 Å². The number of imidazole rings is 1. The highest BCUT2D eigenvalue weighted by Gasteiger charge is 2.33. The lowest BCUT2D eigenvalue weighted by Gasteiger charge is -2.34. The van der Waals surface area contributed by atoms with E-state index in [1.165, 1.54) is 0 Å². The van der Waals surface area contributed by atoms with Gasteiger partial charge in [-0.3, -0.25) is 24.3 Å². The Morgan fingerprint density at radius 2 is 1.78 bits per heavy atom. The number of anilines is 2. The molecular formula is C27H40N6O3. The highest BCUT2D eigenvalue weighted by atomic mass is 16.2. The molecule has 1 saturated heterocycles. The number of likely N-dealkylation sites (tertiary alicyclic amines) is 1. The minimum Gasteiger partial charge on any atom is -0.341 e. The van der Waals surface area contributed by atoms with Gasteiger partial charge >= 0.3 is 0 Å². The topological polar surface area (TPSA) is 122 Å². The Kier molecular flexibility index (Phi) is 9.25. The molecule has 0 saturated carbocycles. The predicted molar refractivity (Wildman–Crippen MR) is 141 cm³/mol. The SMILES string of the molecule is CCCCCC(=O)Nc1cn([C@@H](C(=O)N2CCC(C)CC2)c2ccccc2)c(NC(=O)C(C)(C)N)n1. The summed E-state index contributed by atoms with van der Waals surface area (Å²) in [5.74, 6) is 0.346. The van der Waals surface area contributed by atoms with Gasteiger partial charge in [0.05, 0.1) is 11.7 Å². The molecule has 2 aromatic rings. The molecule has 3 amide bonds. The summed E-state index contributed by atoms with van der Waals surface area (Å²) < 4.78 is 1.64. The normalized spacial score (nSPS) is 15.4. The van der Waals surface area contributed by atoms with E-state index in [1.807, 2.05) is 35.2 Å². The Balaban J connectivity index is 1.99. The van der Waals surface area contributed by atoms with Gasteiger partial charge in [-0.15, -0.1) is 0 Å². The molecule has 1 atom stereocenters. The van der Waals surface area contributed by atoms with Crippen LogP contribution in [0.15, 0.2) is 36.5 Å². The van der Waals surface area contributed by atoms with E-state index in [2.05, 4.69) is 29.5 Å². The van der Waals surface area contributed by atoms with Crippen LogP contribution in [0.1, 0.15) is 77.8 Å². The fourth-order valence-electron chi connectivity index (χ4n) is 4.21. The standard InChI is InChI=1S/C27H40N6O3/c1-5-6-8-13-22(34)29-21-18-33(26(30-21)31-25(36)27(3,4)28)23(20-11-9-7-10-12-20)24(35)32-16-14-19(2)15-17-32/h7,9-12,18-19,23H,5-6,8,13-17,28H2,1-4H3,(H,29,34)(H,30,31,36)/t23-/m1/s1. The third-order valence-electron chi connectivity index (χ3n) is 6.54. The molecule has 1 aromatic heterocycles. The van der Waals surface area contributed by atoms with E-state index < -0.39 is 17.5 Å². The van der Waals surface area contributed by atoms with Crippen LogP contribution in [0.2, 0.25) is 0 Å². The van der Waals surface area contributed by atoms with Gasteiger partial charge in [0.1, 0.15) is 6.04 Å². The maximum absolute atomic E-state index is 13.9. The number of unbranched alkanes of at least 4 members (excludes halogenated alkanes) is 2. The van der Waals surface area contributed by atoms with Crippen molar-refractivity contribution >= 4 is 29.5 Å². The van der Waals surface area contributed by atoms with Crippen molar-refractivity contribution in [2.24, 2.45) is 11.7 Å². The van der Waals surface area contributed by atoms with Gasteiger partial charge < -0.3 is 16.0 Å². The minimum absolute atomic E-state index is 0.0752. The fraction of sp³-hybridized carbons (Fsp3) is 0.556. The molecule has 4 N–H and O–H groups in total. The zero-order chi connectivity index (χ0) is 26.3. The Morgan fingerprint density at radius 1 is 1.11 bits per heavy atom. The lowest BCUT2D eigenvalue weighted by molar-refractivity contribution is -0.135. The fourth-order valence-corrected chi connectivity index (χ4v) is 4.21. The van der Waals surface area contributed by atoms with Crippen LogP contribution in [0.25, 0.3) is 0 Å². The van der Waals surface area contributed by atoms with E-state index >= 15 is 0 Å². The summed E-state index contributed by atoms with van der Waals surface area (Å²) in [5.41, 5.74) is 5.62. The third-order valence-corrected chi connectivity index (χ3v) is 6.54. The number of benzene rings is 1. The van der Waals surface area contributed by atoms with Crippen LogP contribution in [-0.2, 0) is 14.4 Å². The van der Waals surface area contributed by atoms with Crippen molar-refractivity contribution in [1.82, 2.24) is 14.5 Å². The smallest absolute Gasteiger partial charge is 0.250 e. The zero-order valence-corrected chi connectivity index (χ0v) is 21.9. The maximum Gasteiger partial charge on any atom is 0.250 e. The average Bonchev–Trinajstić information content (AvgIpc) is 3.21. The van der Waals surface area contributed by atoms with Crippen molar-refractivity contribution in [3.63, 3.8) is 0 Å². The molecule has 0 spiro atoms. The second-order valence-corrected chi connectivity index (χ2v) is 10.4. The predicted octanol–water partition coefficient (Wildman–Crippen LogP) is 3.93. The number of hydrogen-bond donors (Lipinski definition) is 3. The minimum atomic E-state index is -1.16. The molecule has 2 heterocycles. The first kappa shape index (κ1) is 27.4. The van der Waals surface area contributed by atoms with Crippen LogP contribution in [0.3, 0.4) is 0 Å². The molecule has 196 valence electrons. The van der Waals surface area contributed by atoms with Crippen LogP contribution >= 0.6 is 0 Å². The molecule has 0 bridgehead atoms. The van der Waals surface area contributed by atoms with Crippen LogP contribution in [-0.4, -0.2) is 50.8 Å². The Labute approximate surface area is 213 Å². The molecule has 1 aliphatic rings. The monoisotopic (exact) mass is 496 g/mol. The summed E-state index contributed by atoms with van der Waals surface area (Å²) in [6.45, 7) is 8.83. The molecule has 1 aliphatic heterocycles. The van der Waals surface area contributed by atoms with E-state index in [4.69, 9.17) is 5.73 Å². The van der Waals surface area contributed by atoms with Crippen molar-refractivity contribution in [1.29, 1.82) is 0 Å². The number of carbonyl (C=O) groups excluding carboxylic acids is 3. The summed E-state index contributed by atoms with van der Waals surface area (Å²) in [6.07, 6.45) is 6.66. The Bertz CT molecular complexity index is 1040. The van der Waals surface area contributed by atoms with E-state index in [1.54, 1.807) is 24.6 Å². The first-order valence-electron chi connectivity index (χ1n) is 12.9. The number of nitrogens with one attached hydrogen (secondary N) is 2. The summed E-state index contributed by atoms with van der Waals surface area (Å²) in [7, 11) is 0.